The fraction of sp³-hybridized carbons (Fsp3) is 0.615. The summed E-state index contributed by atoms with van der Waals surface area (Å²) in [6.45, 7) is 6.33. The van der Waals surface area contributed by atoms with E-state index >= 15 is 0 Å². The van der Waals surface area contributed by atoms with Gasteiger partial charge in [0.05, 0.1) is 0 Å². The van der Waals surface area contributed by atoms with E-state index in [0.29, 0.717) is 12.8 Å². The Labute approximate surface area is 436 Å². The molecule has 0 aliphatic heterocycles. The minimum Gasteiger partial charge on any atom is -0.462 e. The van der Waals surface area contributed by atoms with Crippen molar-refractivity contribution in [1.29, 1.82) is 0 Å². The van der Waals surface area contributed by atoms with E-state index in [-0.39, 0.29) is 37.5 Å². The van der Waals surface area contributed by atoms with E-state index < -0.39 is 6.10 Å². The second-order valence-electron chi connectivity index (χ2n) is 18.4. The summed E-state index contributed by atoms with van der Waals surface area (Å²) in [5.41, 5.74) is 0. The second kappa shape index (κ2) is 58.1. The highest BCUT2D eigenvalue weighted by molar-refractivity contribution is 5.71. The first-order valence-corrected chi connectivity index (χ1v) is 28.7. The first kappa shape index (κ1) is 66.6. The Morgan fingerprint density at radius 2 is 0.549 bits per heavy atom. The Hall–Kier alpha value is -4.45. The molecule has 6 nitrogen and oxygen atoms in total. The SMILES string of the molecule is CC/C=C\C/C=C\C/C=C\C/C=C\C/C=C\CCCCCCCC(=O)OCC(COC(=O)CCCCCCC/C=C\C/C=C\CCCCC)OC(=O)CCCCCC/C=C\C/C=C\C/C=C\C/C=C\CC. The number of rotatable bonds is 50. The van der Waals surface area contributed by atoms with Crippen LogP contribution in [0.1, 0.15) is 239 Å². The minimum atomic E-state index is -0.811. The van der Waals surface area contributed by atoms with Crippen molar-refractivity contribution in [2.45, 2.75) is 245 Å². The molecule has 0 aromatic carbocycles. The summed E-state index contributed by atoms with van der Waals surface area (Å²) >= 11 is 0. The molecule has 0 N–H and O–H groups in total. The monoisotopic (exact) mass is 981 g/mol. The van der Waals surface area contributed by atoms with Crippen molar-refractivity contribution in [2.24, 2.45) is 0 Å². The third-order valence-corrected chi connectivity index (χ3v) is 11.6. The van der Waals surface area contributed by atoms with Crippen LogP contribution in [0.15, 0.2) is 134 Å². The first-order chi connectivity index (χ1) is 35.0. The van der Waals surface area contributed by atoms with Gasteiger partial charge in [-0.3, -0.25) is 14.4 Å². The van der Waals surface area contributed by atoms with Gasteiger partial charge in [0.15, 0.2) is 6.10 Å². The maximum absolute atomic E-state index is 12.9. The molecule has 400 valence electrons. The third kappa shape index (κ3) is 56.3. The van der Waals surface area contributed by atoms with Crippen LogP contribution in [0.4, 0.5) is 0 Å². The molecular weight excluding hydrogens is 877 g/mol. The van der Waals surface area contributed by atoms with Crippen LogP contribution in [0, 0.1) is 0 Å². The lowest BCUT2D eigenvalue weighted by molar-refractivity contribution is -0.167. The van der Waals surface area contributed by atoms with Crippen LogP contribution < -0.4 is 0 Å². The molecule has 0 radical (unpaired) electrons. The zero-order valence-electron chi connectivity index (χ0n) is 45.7. The van der Waals surface area contributed by atoms with Gasteiger partial charge in [-0.2, -0.15) is 0 Å². The maximum atomic E-state index is 12.9. The number of ether oxygens (including phenoxy) is 3. The van der Waals surface area contributed by atoms with Crippen molar-refractivity contribution >= 4 is 17.9 Å². The average molecular weight is 982 g/mol. The minimum absolute atomic E-state index is 0.106. The van der Waals surface area contributed by atoms with E-state index in [1.54, 1.807) is 0 Å². The summed E-state index contributed by atoms with van der Waals surface area (Å²) in [4.78, 5) is 38.2. The smallest absolute Gasteiger partial charge is 0.306 e. The van der Waals surface area contributed by atoms with Crippen LogP contribution in [-0.4, -0.2) is 37.2 Å². The zero-order chi connectivity index (χ0) is 51.4. The number of esters is 3. The van der Waals surface area contributed by atoms with Gasteiger partial charge in [0.1, 0.15) is 13.2 Å². The predicted molar refractivity (Wildman–Crippen MR) is 306 cm³/mol. The van der Waals surface area contributed by atoms with Crippen molar-refractivity contribution in [2.75, 3.05) is 13.2 Å². The lowest BCUT2D eigenvalue weighted by Gasteiger charge is -2.18. The van der Waals surface area contributed by atoms with Gasteiger partial charge in [-0.15, -0.1) is 0 Å². The van der Waals surface area contributed by atoms with Gasteiger partial charge >= 0.3 is 17.9 Å². The van der Waals surface area contributed by atoms with E-state index in [2.05, 4.69) is 154 Å². The van der Waals surface area contributed by atoms with Gasteiger partial charge in [0, 0.05) is 19.3 Å². The molecule has 0 aromatic heterocycles. The molecule has 0 aromatic rings. The van der Waals surface area contributed by atoms with Gasteiger partial charge in [0.2, 0.25) is 0 Å². The van der Waals surface area contributed by atoms with Crippen LogP contribution >= 0.6 is 0 Å². The Kier molecular flexibility index (Phi) is 54.5. The molecule has 0 fully saturated rings. The maximum Gasteiger partial charge on any atom is 0.306 e. The molecule has 1 unspecified atom stereocenters. The van der Waals surface area contributed by atoms with Crippen molar-refractivity contribution in [3.05, 3.63) is 134 Å². The van der Waals surface area contributed by atoms with Crippen LogP contribution in [-0.2, 0) is 28.6 Å². The summed E-state index contributed by atoms with van der Waals surface area (Å²) in [6.07, 6.45) is 81.5. The van der Waals surface area contributed by atoms with E-state index in [9.17, 15) is 14.4 Å². The van der Waals surface area contributed by atoms with Crippen molar-refractivity contribution in [3.8, 4) is 0 Å². The Balaban J connectivity index is 4.51. The Bertz CT molecular complexity index is 1550. The number of hydrogen-bond donors (Lipinski definition) is 0. The topological polar surface area (TPSA) is 78.9 Å². The predicted octanol–water partition coefficient (Wildman–Crippen LogP) is 19.4. The summed E-state index contributed by atoms with van der Waals surface area (Å²) in [6, 6.07) is 0. The standard InChI is InChI=1S/C65H104O6/c1-4-7-10-13-16-19-22-25-28-30-31-32-33-35-37-40-43-46-49-52-55-58-64(67)70-61-62(60-69-63(66)57-54-51-48-45-42-39-36-27-24-21-18-15-12-9-6-3)71-65(68)59-56-53-50-47-44-41-38-34-29-26-23-20-17-14-11-8-5-2/h7-8,10-11,16-21,25-29,31-32,35-38,41,62H,4-6,9,12-15,22-24,30,33-34,39-40,42-61H2,1-3H3/b10-7-,11-8-,19-16-,20-17-,21-18-,28-25-,29-26-,32-31-,36-27-,37-35-,41-38-. The second-order valence-corrected chi connectivity index (χ2v) is 18.4. The first-order valence-electron chi connectivity index (χ1n) is 28.7. The van der Waals surface area contributed by atoms with Gasteiger partial charge < -0.3 is 14.2 Å². The summed E-state index contributed by atoms with van der Waals surface area (Å²) in [5.74, 6) is -0.966. The summed E-state index contributed by atoms with van der Waals surface area (Å²) in [5, 5.41) is 0. The molecule has 0 aliphatic carbocycles. The molecule has 0 aliphatic rings. The van der Waals surface area contributed by atoms with Gasteiger partial charge in [0.25, 0.3) is 0 Å². The molecule has 0 amide bonds. The zero-order valence-corrected chi connectivity index (χ0v) is 45.7. The fourth-order valence-corrected chi connectivity index (χ4v) is 7.37. The number of carbonyl (C=O) groups excluding carboxylic acids is 3. The van der Waals surface area contributed by atoms with Gasteiger partial charge in [-0.1, -0.05) is 219 Å². The molecule has 0 saturated heterocycles. The van der Waals surface area contributed by atoms with Crippen LogP contribution in [0.5, 0.6) is 0 Å². The van der Waals surface area contributed by atoms with E-state index in [4.69, 9.17) is 14.2 Å². The molecule has 6 heteroatoms. The summed E-state index contributed by atoms with van der Waals surface area (Å²) < 4.78 is 16.8. The quantitative estimate of drug-likeness (QED) is 0.0262. The molecule has 1 atom stereocenters. The molecule has 71 heavy (non-hydrogen) atoms. The van der Waals surface area contributed by atoms with Crippen molar-refractivity contribution in [3.63, 3.8) is 0 Å². The van der Waals surface area contributed by atoms with Crippen LogP contribution in [0.25, 0.3) is 0 Å². The fourth-order valence-electron chi connectivity index (χ4n) is 7.37. The van der Waals surface area contributed by atoms with Crippen LogP contribution in [0.3, 0.4) is 0 Å². The number of carbonyl (C=O) groups is 3. The van der Waals surface area contributed by atoms with E-state index in [0.717, 1.165) is 173 Å². The molecule has 0 spiro atoms. The van der Waals surface area contributed by atoms with E-state index in [1.165, 1.54) is 25.7 Å². The van der Waals surface area contributed by atoms with Gasteiger partial charge in [-0.05, 0) is 135 Å². The highest BCUT2D eigenvalue weighted by Crippen LogP contribution is 2.13. The highest BCUT2D eigenvalue weighted by Gasteiger charge is 2.19. The highest BCUT2D eigenvalue weighted by atomic mass is 16.6. The largest absolute Gasteiger partial charge is 0.462 e. The average Bonchev–Trinajstić information content (AvgIpc) is 3.37. The molecule has 0 rings (SSSR count). The molecule has 0 bridgehead atoms. The number of unbranched alkanes of at least 4 members (excludes halogenated alkanes) is 17. The van der Waals surface area contributed by atoms with Crippen LogP contribution in [0.2, 0.25) is 0 Å². The third-order valence-electron chi connectivity index (χ3n) is 11.6. The molecule has 0 saturated carbocycles. The van der Waals surface area contributed by atoms with E-state index in [1.807, 2.05) is 0 Å². The lowest BCUT2D eigenvalue weighted by Crippen LogP contribution is -2.30. The van der Waals surface area contributed by atoms with Crippen molar-refractivity contribution in [1.82, 2.24) is 0 Å². The number of allylic oxidation sites excluding steroid dienone is 22. The number of hydrogen-bond acceptors (Lipinski definition) is 6. The molecular formula is C65H104O6. The summed E-state index contributed by atoms with van der Waals surface area (Å²) in [7, 11) is 0. The normalized spacial score (nSPS) is 13.1. The Morgan fingerprint density at radius 1 is 0.296 bits per heavy atom. The molecule has 0 heterocycles. The van der Waals surface area contributed by atoms with Crippen molar-refractivity contribution < 1.29 is 28.6 Å². The Morgan fingerprint density at radius 3 is 0.859 bits per heavy atom. The van der Waals surface area contributed by atoms with Gasteiger partial charge in [-0.25, -0.2) is 0 Å². The lowest BCUT2D eigenvalue weighted by atomic mass is 10.1.